The molecule has 0 fully saturated rings. The highest BCUT2D eigenvalue weighted by Gasteiger charge is 2.32. The molecule has 0 aromatic heterocycles. The zero-order chi connectivity index (χ0) is 16.1. The molecule has 0 N–H and O–H groups in total. The Bertz CT molecular complexity index is 300. The first-order valence-corrected chi connectivity index (χ1v) is 7.65. The van der Waals surface area contributed by atoms with Crippen LogP contribution < -0.4 is 0 Å². The summed E-state index contributed by atoms with van der Waals surface area (Å²) in [4.78, 5) is 18.9. The van der Waals surface area contributed by atoms with Gasteiger partial charge in [0, 0.05) is 38.8 Å². The van der Waals surface area contributed by atoms with Gasteiger partial charge in [-0.25, -0.2) is 0 Å². The van der Waals surface area contributed by atoms with Crippen LogP contribution in [0.3, 0.4) is 0 Å². The van der Waals surface area contributed by atoms with E-state index in [0.717, 1.165) is 19.6 Å². The van der Waals surface area contributed by atoms with E-state index >= 15 is 0 Å². The molecule has 0 spiro atoms. The first kappa shape index (κ1) is 19.4. The van der Waals surface area contributed by atoms with Gasteiger partial charge in [-0.3, -0.25) is 4.79 Å². The summed E-state index contributed by atoms with van der Waals surface area (Å²) in [7, 11) is 6.08. The van der Waals surface area contributed by atoms with Gasteiger partial charge in [-0.05, 0) is 55.6 Å². The topological polar surface area (TPSA) is 26.8 Å². The van der Waals surface area contributed by atoms with E-state index in [1.165, 1.54) is 0 Å². The summed E-state index contributed by atoms with van der Waals surface area (Å²) in [5.74, 6) is 0.224. The van der Waals surface area contributed by atoms with E-state index in [2.05, 4.69) is 51.6 Å². The molecule has 1 amide bonds. The number of hydrogen-bond acceptors (Lipinski definition) is 3. The minimum absolute atomic E-state index is 0.224. The molecular weight excluding hydrogens is 250 g/mol. The highest BCUT2D eigenvalue weighted by atomic mass is 16.2. The minimum Gasteiger partial charge on any atom is -0.344 e. The number of nitrogens with zero attached hydrogens (tertiary/aromatic N) is 3. The van der Waals surface area contributed by atoms with Crippen molar-refractivity contribution in [3.8, 4) is 0 Å². The average molecular weight is 285 g/mol. The molecule has 120 valence electrons. The van der Waals surface area contributed by atoms with Gasteiger partial charge in [0.25, 0.3) is 0 Å². The van der Waals surface area contributed by atoms with Gasteiger partial charge in [0.2, 0.25) is 5.91 Å². The Balaban J connectivity index is 4.47. The van der Waals surface area contributed by atoms with Crippen LogP contribution in [0.15, 0.2) is 0 Å². The molecule has 0 rings (SSSR count). The maximum absolute atomic E-state index is 12.6. The molecule has 20 heavy (non-hydrogen) atoms. The summed E-state index contributed by atoms with van der Waals surface area (Å²) in [6.45, 7) is 15.2. The molecule has 0 saturated heterocycles. The predicted molar refractivity (Wildman–Crippen MR) is 87.0 cm³/mol. The van der Waals surface area contributed by atoms with Crippen molar-refractivity contribution in [3.05, 3.63) is 0 Å². The van der Waals surface area contributed by atoms with Crippen LogP contribution in [-0.4, -0.2) is 73.5 Å². The van der Waals surface area contributed by atoms with Gasteiger partial charge in [0.1, 0.15) is 0 Å². The molecule has 0 heterocycles. The number of likely N-dealkylation sites (N-methyl/N-ethyl adjacent to an activating group) is 2. The standard InChI is InChI=1S/C16H35N3O/c1-13(2)17(7)10-11-18(8)15(20)16(5,6)12-19(9)14(3)4/h13-14H,10-12H2,1-9H3. The highest BCUT2D eigenvalue weighted by Crippen LogP contribution is 2.20. The van der Waals surface area contributed by atoms with E-state index in [1.54, 1.807) is 0 Å². The monoisotopic (exact) mass is 285 g/mol. The van der Waals surface area contributed by atoms with Crippen LogP contribution in [0.2, 0.25) is 0 Å². The Morgan fingerprint density at radius 3 is 1.75 bits per heavy atom. The zero-order valence-electron chi connectivity index (χ0n) is 15.0. The third-order valence-corrected chi connectivity index (χ3v) is 4.12. The fourth-order valence-electron chi connectivity index (χ4n) is 2.06. The Kier molecular flexibility index (Phi) is 7.74. The number of rotatable bonds is 8. The van der Waals surface area contributed by atoms with Gasteiger partial charge in [-0.15, -0.1) is 0 Å². The number of amides is 1. The van der Waals surface area contributed by atoms with Crippen molar-refractivity contribution in [2.24, 2.45) is 5.41 Å². The summed E-state index contributed by atoms with van der Waals surface area (Å²) in [6, 6.07) is 0.970. The summed E-state index contributed by atoms with van der Waals surface area (Å²) < 4.78 is 0. The van der Waals surface area contributed by atoms with Crippen LogP contribution in [0.4, 0.5) is 0 Å². The Hall–Kier alpha value is -0.610. The number of hydrogen-bond donors (Lipinski definition) is 0. The van der Waals surface area contributed by atoms with Crippen LogP contribution in [0.1, 0.15) is 41.5 Å². The first-order valence-electron chi connectivity index (χ1n) is 7.65. The van der Waals surface area contributed by atoms with E-state index in [-0.39, 0.29) is 11.3 Å². The Morgan fingerprint density at radius 2 is 1.35 bits per heavy atom. The SMILES string of the molecule is CC(C)N(C)CCN(C)C(=O)C(C)(C)CN(C)C(C)C. The van der Waals surface area contributed by atoms with Gasteiger partial charge in [0.05, 0.1) is 5.41 Å². The maximum Gasteiger partial charge on any atom is 0.229 e. The summed E-state index contributed by atoms with van der Waals surface area (Å²) in [5.41, 5.74) is -0.343. The Labute approximate surface area is 126 Å². The molecule has 0 unspecified atom stereocenters. The van der Waals surface area contributed by atoms with Gasteiger partial charge >= 0.3 is 0 Å². The second-order valence-electron chi connectivity index (χ2n) is 7.19. The van der Waals surface area contributed by atoms with E-state index in [1.807, 2.05) is 25.8 Å². The second-order valence-corrected chi connectivity index (χ2v) is 7.19. The lowest BCUT2D eigenvalue weighted by atomic mass is 9.90. The predicted octanol–water partition coefficient (Wildman–Crippen LogP) is 2.15. The fraction of sp³-hybridized carbons (Fsp3) is 0.938. The van der Waals surface area contributed by atoms with Crippen molar-refractivity contribution in [2.45, 2.75) is 53.6 Å². The molecule has 0 aromatic rings. The second kappa shape index (κ2) is 7.99. The number of carbonyl (C=O) groups excluding carboxylic acids is 1. The third-order valence-electron chi connectivity index (χ3n) is 4.12. The smallest absolute Gasteiger partial charge is 0.229 e. The van der Waals surface area contributed by atoms with Crippen LogP contribution in [0.25, 0.3) is 0 Å². The molecule has 0 aliphatic rings. The van der Waals surface area contributed by atoms with Crippen molar-refractivity contribution in [2.75, 3.05) is 40.8 Å². The summed E-state index contributed by atoms with van der Waals surface area (Å²) in [6.07, 6.45) is 0. The molecule has 4 nitrogen and oxygen atoms in total. The minimum atomic E-state index is -0.343. The van der Waals surface area contributed by atoms with Gasteiger partial charge < -0.3 is 14.7 Å². The highest BCUT2D eigenvalue weighted by molar-refractivity contribution is 5.82. The fourth-order valence-corrected chi connectivity index (χ4v) is 2.06. The van der Waals surface area contributed by atoms with Crippen molar-refractivity contribution >= 4 is 5.91 Å². The molecule has 0 radical (unpaired) electrons. The molecule has 4 heteroatoms. The van der Waals surface area contributed by atoms with E-state index in [9.17, 15) is 4.79 Å². The molecule has 0 bridgehead atoms. The normalized spacial score (nSPS) is 12.8. The van der Waals surface area contributed by atoms with E-state index in [0.29, 0.717) is 12.1 Å². The molecular formula is C16H35N3O. The molecule has 0 atom stereocenters. The molecule has 0 saturated carbocycles. The van der Waals surface area contributed by atoms with Crippen LogP contribution >= 0.6 is 0 Å². The summed E-state index contributed by atoms with van der Waals surface area (Å²) in [5, 5.41) is 0. The zero-order valence-corrected chi connectivity index (χ0v) is 15.0. The first-order chi connectivity index (χ1) is 8.99. The van der Waals surface area contributed by atoms with Crippen LogP contribution in [-0.2, 0) is 4.79 Å². The van der Waals surface area contributed by atoms with Crippen molar-refractivity contribution in [1.82, 2.24) is 14.7 Å². The molecule has 0 aliphatic carbocycles. The third kappa shape index (κ3) is 6.23. The van der Waals surface area contributed by atoms with Crippen molar-refractivity contribution in [1.29, 1.82) is 0 Å². The lowest BCUT2D eigenvalue weighted by Crippen LogP contribution is -2.48. The average Bonchev–Trinajstić information content (AvgIpc) is 2.33. The largest absolute Gasteiger partial charge is 0.344 e. The van der Waals surface area contributed by atoms with Gasteiger partial charge in [-0.1, -0.05) is 0 Å². The van der Waals surface area contributed by atoms with Crippen LogP contribution in [0.5, 0.6) is 0 Å². The Morgan fingerprint density at radius 1 is 0.900 bits per heavy atom. The maximum atomic E-state index is 12.6. The summed E-state index contributed by atoms with van der Waals surface area (Å²) >= 11 is 0. The lowest BCUT2D eigenvalue weighted by molar-refractivity contribution is -0.140. The molecule has 0 aromatic carbocycles. The van der Waals surface area contributed by atoms with Crippen molar-refractivity contribution < 1.29 is 4.79 Å². The molecule has 0 aliphatic heterocycles. The van der Waals surface area contributed by atoms with Crippen LogP contribution in [0, 0.1) is 5.41 Å². The van der Waals surface area contributed by atoms with Gasteiger partial charge in [0.15, 0.2) is 0 Å². The van der Waals surface area contributed by atoms with E-state index < -0.39 is 0 Å². The number of carbonyl (C=O) groups is 1. The lowest BCUT2D eigenvalue weighted by Gasteiger charge is -2.35. The van der Waals surface area contributed by atoms with E-state index in [4.69, 9.17) is 0 Å². The van der Waals surface area contributed by atoms with Crippen molar-refractivity contribution in [3.63, 3.8) is 0 Å². The van der Waals surface area contributed by atoms with Gasteiger partial charge in [-0.2, -0.15) is 0 Å². The quantitative estimate of drug-likeness (QED) is 0.684.